The van der Waals surface area contributed by atoms with Gasteiger partial charge in [0, 0.05) is 6.54 Å². The van der Waals surface area contributed by atoms with Gasteiger partial charge in [0.15, 0.2) is 0 Å². The molecular weight excluding hydrogens is 218 g/mol. The van der Waals surface area contributed by atoms with Crippen LogP contribution in [0.1, 0.15) is 12.5 Å². The smallest absolute Gasteiger partial charge is 0.272 e. The Kier molecular flexibility index (Phi) is 3.18. The lowest BCUT2D eigenvalue weighted by atomic mass is 10.2. The van der Waals surface area contributed by atoms with E-state index in [1.54, 1.807) is 13.1 Å². The van der Waals surface area contributed by atoms with Crippen LogP contribution in [0.25, 0.3) is 0 Å². The Balaban J connectivity index is 2.08. The van der Waals surface area contributed by atoms with Crippen LogP contribution in [0.4, 0.5) is 4.79 Å². The number of benzene rings is 1. The van der Waals surface area contributed by atoms with E-state index >= 15 is 0 Å². The Morgan fingerprint density at radius 1 is 1.29 bits per heavy atom. The molecule has 1 aliphatic heterocycles. The first-order chi connectivity index (χ1) is 8.22. The third-order valence-corrected chi connectivity index (χ3v) is 2.50. The molecule has 1 saturated heterocycles. The highest BCUT2D eigenvalue weighted by atomic mass is 16.2. The van der Waals surface area contributed by atoms with E-state index in [0.717, 1.165) is 5.56 Å². The minimum Gasteiger partial charge on any atom is -0.272 e. The quantitative estimate of drug-likeness (QED) is 0.581. The number of rotatable bonds is 3. The molecule has 17 heavy (non-hydrogen) atoms. The van der Waals surface area contributed by atoms with Crippen LogP contribution < -0.4 is 0 Å². The summed E-state index contributed by atoms with van der Waals surface area (Å²) in [7, 11) is 0. The molecule has 1 fully saturated rings. The fraction of sp³-hybridized carbons (Fsp3) is 0.250. The van der Waals surface area contributed by atoms with Crippen LogP contribution in [-0.4, -0.2) is 41.2 Å². The van der Waals surface area contributed by atoms with Gasteiger partial charge in [-0.15, -0.1) is 0 Å². The molecule has 1 aromatic carbocycles. The molecule has 0 radical (unpaired) electrons. The molecule has 1 heterocycles. The molecule has 0 spiro atoms. The van der Waals surface area contributed by atoms with Crippen molar-refractivity contribution in [2.75, 3.05) is 13.1 Å². The number of likely N-dealkylation sites (N-methyl/N-ethyl adjacent to an activating group) is 1. The molecule has 2 rings (SSSR count). The Hall–Kier alpha value is -2.17. The minimum absolute atomic E-state index is 0.0238. The highest BCUT2D eigenvalue weighted by Crippen LogP contribution is 2.10. The summed E-state index contributed by atoms with van der Waals surface area (Å²) in [5, 5.41) is 5.20. The van der Waals surface area contributed by atoms with Gasteiger partial charge in [0.25, 0.3) is 5.91 Å². The summed E-state index contributed by atoms with van der Waals surface area (Å²) in [6, 6.07) is 9.07. The number of urea groups is 1. The van der Waals surface area contributed by atoms with Crippen LogP contribution >= 0.6 is 0 Å². The van der Waals surface area contributed by atoms with Crippen LogP contribution in [0.3, 0.4) is 0 Å². The fourth-order valence-corrected chi connectivity index (χ4v) is 1.60. The minimum atomic E-state index is -0.357. The van der Waals surface area contributed by atoms with Crippen molar-refractivity contribution in [2.24, 2.45) is 5.10 Å². The Morgan fingerprint density at radius 2 is 2.00 bits per heavy atom. The molecule has 0 atom stereocenters. The molecule has 3 amide bonds. The van der Waals surface area contributed by atoms with Crippen LogP contribution in [0.15, 0.2) is 35.4 Å². The number of nitrogens with zero attached hydrogens (tertiary/aromatic N) is 3. The second-order valence-electron chi connectivity index (χ2n) is 3.63. The Bertz CT molecular complexity index is 456. The zero-order valence-electron chi connectivity index (χ0n) is 9.54. The summed E-state index contributed by atoms with van der Waals surface area (Å²) in [6.45, 7) is 2.17. The number of carbonyl (C=O) groups is 2. The van der Waals surface area contributed by atoms with E-state index < -0.39 is 0 Å². The third kappa shape index (κ3) is 2.33. The summed E-state index contributed by atoms with van der Waals surface area (Å²) < 4.78 is 0. The molecule has 1 aromatic rings. The first kappa shape index (κ1) is 11.3. The second-order valence-corrected chi connectivity index (χ2v) is 3.63. The van der Waals surface area contributed by atoms with Gasteiger partial charge in [-0.05, 0) is 12.5 Å². The molecule has 88 valence electrons. The van der Waals surface area contributed by atoms with Gasteiger partial charge in [0.1, 0.15) is 6.54 Å². The van der Waals surface area contributed by atoms with Crippen molar-refractivity contribution in [3.63, 3.8) is 0 Å². The van der Waals surface area contributed by atoms with Gasteiger partial charge >= 0.3 is 6.03 Å². The summed E-state index contributed by atoms with van der Waals surface area (Å²) >= 11 is 0. The van der Waals surface area contributed by atoms with Crippen LogP contribution in [-0.2, 0) is 4.79 Å². The number of amides is 3. The highest BCUT2D eigenvalue weighted by Gasteiger charge is 2.34. The number of carbonyl (C=O) groups excluding carboxylic acids is 2. The lowest BCUT2D eigenvalue weighted by Gasteiger charge is -2.10. The number of hydrogen-bond donors (Lipinski definition) is 0. The van der Waals surface area contributed by atoms with Crippen molar-refractivity contribution in [3.8, 4) is 0 Å². The third-order valence-electron chi connectivity index (χ3n) is 2.50. The predicted molar refractivity (Wildman–Crippen MR) is 63.5 cm³/mol. The molecule has 0 saturated carbocycles. The number of hydrogen-bond acceptors (Lipinski definition) is 3. The van der Waals surface area contributed by atoms with Gasteiger partial charge in [0.05, 0.1) is 6.21 Å². The van der Waals surface area contributed by atoms with Crippen LogP contribution in [0.2, 0.25) is 0 Å². The lowest BCUT2D eigenvalue weighted by molar-refractivity contribution is -0.125. The van der Waals surface area contributed by atoms with E-state index in [-0.39, 0.29) is 18.5 Å². The maximum absolute atomic E-state index is 11.7. The van der Waals surface area contributed by atoms with Crippen molar-refractivity contribution in [1.29, 1.82) is 0 Å². The summed E-state index contributed by atoms with van der Waals surface area (Å²) in [5.74, 6) is -0.206. The van der Waals surface area contributed by atoms with Gasteiger partial charge < -0.3 is 0 Å². The van der Waals surface area contributed by atoms with Gasteiger partial charge in [-0.25, -0.2) is 9.80 Å². The van der Waals surface area contributed by atoms with Crippen molar-refractivity contribution in [2.45, 2.75) is 6.92 Å². The van der Waals surface area contributed by atoms with Crippen molar-refractivity contribution in [1.82, 2.24) is 9.91 Å². The van der Waals surface area contributed by atoms with E-state index in [0.29, 0.717) is 6.54 Å². The molecule has 0 unspecified atom stereocenters. The maximum Gasteiger partial charge on any atom is 0.347 e. The topological polar surface area (TPSA) is 53.0 Å². The van der Waals surface area contributed by atoms with Crippen molar-refractivity contribution in [3.05, 3.63) is 35.9 Å². The molecule has 0 N–H and O–H groups in total. The SMILES string of the molecule is CCN1C(=O)CN(/N=C/c2ccccc2)C1=O. The molecule has 5 nitrogen and oxygen atoms in total. The van der Waals surface area contributed by atoms with Crippen LogP contribution in [0.5, 0.6) is 0 Å². The average Bonchev–Trinajstić information content (AvgIpc) is 2.63. The van der Waals surface area contributed by atoms with Gasteiger partial charge in [-0.3, -0.25) is 9.69 Å². The van der Waals surface area contributed by atoms with Gasteiger partial charge in [0.2, 0.25) is 0 Å². The molecule has 5 heteroatoms. The van der Waals surface area contributed by atoms with Gasteiger partial charge in [-0.1, -0.05) is 30.3 Å². The van der Waals surface area contributed by atoms with E-state index in [1.165, 1.54) is 9.91 Å². The Morgan fingerprint density at radius 3 is 2.59 bits per heavy atom. The van der Waals surface area contributed by atoms with E-state index in [2.05, 4.69) is 5.10 Å². The van der Waals surface area contributed by atoms with E-state index in [4.69, 9.17) is 0 Å². The number of hydrazone groups is 1. The molecule has 0 aromatic heterocycles. The van der Waals surface area contributed by atoms with E-state index in [1.807, 2.05) is 30.3 Å². The lowest BCUT2D eigenvalue weighted by Crippen LogP contribution is -2.30. The largest absolute Gasteiger partial charge is 0.347 e. The predicted octanol–water partition coefficient (Wildman–Crippen LogP) is 1.30. The fourth-order valence-electron chi connectivity index (χ4n) is 1.60. The zero-order valence-corrected chi connectivity index (χ0v) is 9.54. The normalized spacial score (nSPS) is 16.3. The first-order valence-corrected chi connectivity index (χ1v) is 5.43. The van der Waals surface area contributed by atoms with Gasteiger partial charge in [-0.2, -0.15) is 5.10 Å². The average molecular weight is 231 g/mol. The monoisotopic (exact) mass is 231 g/mol. The second kappa shape index (κ2) is 4.78. The maximum atomic E-state index is 11.7. The standard InChI is InChI=1S/C12H13N3O2/c1-2-14-11(16)9-15(12(14)17)13-8-10-6-4-3-5-7-10/h3-8H,2,9H2,1H3/b13-8+. The summed E-state index contributed by atoms with van der Waals surface area (Å²) in [6.07, 6.45) is 1.57. The first-order valence-electron chi connectivity index (χ1n) is 5.43. The van der Waals surface area contributed by atoms with E-state index in [9.17, 15) is 9.59 Å². The molecular formula is C12H13N3O2. The summed E-state index contributed by atoms with van der Waals surface area (Å²) in [5.41, 5.74) is 0.891. The molecule has 1 aliphatic rings. The Labute approximate surface area is 99.3 Å². The van der Waals surface area contributed by atoms with Crippen molar-refractivity contribution < 1.29 is 9.59 Å². The van der Waals surface area contributed by atoms with Crippen LogP contribution in [0, 0.1) is 0 Å². The molecule has 0 bridgehead atoms. The van der Waals surface area contributed by atoms with Crippen molar-refractivity contribution >= 4 is 18.2 Å². The summed E-state index contributed by atoms with van der Waals surface area (Å²) in [4.78, 5) is 24.3. The number of imide groups is 1. The molecule has 0 aliphatic carbocycles. The highest BCUT2D eigenvalue weighted by molar-refractivity contribution is 6.02. The zero-order chi connectivity index (χ0) is 12.3.